The lowest BCUT2D eigenvalue weighted by molar-refractivity contribution is -0.169. The van der Waals surface area contributed by atoms with Gasteiger partial charge in [-0.2, -0.15) is 0 Å². The van der Waals surface area contributed by atoms with Crippen LogP contribution in [0.25, 0.3) is 0 Å². The van der Waals surface area contributed by atoms with Gasteiger partial charge in [0.25, 0.3) is 0 Å². The van der Waals surface area contributed by atoms with Crippen molar-refractivity contribution in [2.45, 2.75) is 45.6 Å². The van der Waals surface area contributed by atoms with Crippen molar-refractivity contribution in [2.24, 2.45) is 5.92 Å². The Morgan fingerprint density at radius 3 is 2.63 bits per heavy atom. The van der Waals surface area contributed by atoms with Crippen LogP contribution in [-0.2, 0) is 19.1 Å². The molecule has 2 heterocycles. The van der Waals surface area contributed by atoms with Gasteiger partial charge in [0, 0.05) is 12.6 Å². The van der Waals surface area contributed by atoms with Gasteiger partial charge in [-0.3, -0.25) is 4.79 Å². The van der Waals surface area contributed by atoms with E-state index in [9.17, 15) is 9.59 Å². The van der Waals surface area contributed by atoms with Crippen LogP contribution < -0.4 is 0 Å². The number of esters is 2. The van der Waals surface area contributed by atoms with Gasteiger partial charge < -0.3 is 14.4 Å². The first-order chi connectivity index (χ1) is 9.17. The highest BCUT2D eigenvalue weighted by Crippen LogP contribution is 2.32. The molecule has 0 bridgehead atoms. The van der Waals surface area contributed by atoms with E-state index < -0.39 is 0 Å². The zero-order chi connectivity index (χ0) is 13.8. The van der Waals surface area contributed by atoms with Gasteiger partial charge in [0.2, 0.25) is 6.79 Å². The number of hydrogen-bond donors (Lipinski definition) is 0. The van der Waals surface area contributed by atoms with Crippen LogP contribution in [0.4, 0.5) is 0 Å². The first kappa shape index (κ1) is 13.9. The molecular formula is C14H21NO4. The Kier molecular flexibility index (Phi) is 4.45. The van der Waals surface area contributed by atoms with E-state index in [-0.39, 0.29) is 24.6 Å². The van der Waals surface area contributed by atoms with Gasteiger partial charge in [0.1, 0.15) is 5.70 Å². The summed E-state index contributed by atoms with van der Waals surface area (Å²) in [5.74, 6) is -0.788. The first-order valence-electron chi connectivity index (χ1n) is 6.97. The van der Waals surface area contributed by atoms with Crippen LogP contribution >= 0.6 is 0 Å². The van der Waals surface area contributed by atoms with Gasteiger partial charge in [-0.05, 0) is 25.7 Å². The quantitative estimate of drug-likeness (QED) is 0.543. The Bertz CT molecular complexity index is 387. The molecule has 0 spiro atoms. The first-order valence-corrected chi connectivity index (χ1v) is 6.97. The highest BCUT2D eigenvalue weighted by molar-refractivity contribution is 5.88. The predicted octanol–water partition coefficient (Wildman–Crippen LogP) is 1.83. The molecule has 0 N–H and O–H groups in total. The zero-order valence-electron chi connectivity index (χ0n) is 11.6. The second-order valence-electron chi connectivity index (χ2n) is 4.99. The molecule has 1 fully saturated rings. The number of rotatable bonds is 6. The monoisotopic (exact) mass is 267 g/mol. The van der Waals surface area contributed by atoms with Crippen LogP contribution in [0.5, 0.6) is 0 Å². The Morgan fingerprint density at radius 1 is 1.37 bits per heavy atom. The van der Waals surface area contributed by atoms with E-state index in [0.717, 1.165) is 32.2 Å². The standard InChI is InChI=1S/C14H21NO4/c1-3-10(4-2)13(16)18-9-19-14(17)12-6-5-11-7-8-15(11)12/h6,10-11H,3-5,7-9H2,1-2H3. The van der Waals surface area contributed by atoms with Crippen molar-refractivity contribution in [2.75, 3.05) is 13.3 Å². The van der Waals surface area contributed by atoms with E-state index >= 15 is 0 Å². The number of fused-ring (bicyclic) bond motifs is 1. The predicted molar refractivity (Wildman–Crippen MR) is 68.9 cm³/mol. The van der Waals surface area contributed by atoms with E-state index in [1.165, 1.54) is 0 Å². The van der Waals surface area contributed by atoms with Crippen molar-refractivity contribution in [3.05, 3.63) is 11.8 Å². The average molecular weight is 267 g/mol. The molecule has 0 radical (unpaired) electrons. The van der Waals surface area contributed by atoms with Crippen LogP contribution in [0.1, 0.15) is 39.5 Å². The molecule has 1 atom stereocenters. The molecule has 2 rings (SSSR count). The van der Waals surface area contributed by atoms with Crippen LogP contribution in [0.2, 0.25) is 0 Å². The second kappa shape index (κ2) is 6.08. The van der Waals surface area contributed by atoms with Crippen LogP contribution in [0.15, 0.2) is 11.8 Å². The molecule has 0 amide bonds. The number of nitrogens with zero attached hydrogens (tertiary/aromatic N) is 1. The maximum Gasteiger partial charge on any atom is 0.357 e. The van der Waals surface area contributed by atoms with Crippen molar-refractivity contribution < 1.29 is 19.1 Å². The van der Waals surface area contributed by atoms with Crippen LogP contribution in [-0.4, -0.2) is 36.2 Å². The van der Waals surface area contributed by atoms with Crippen molar-refractivity contribution in [3.63, 3.8) is 0 Å². The van der Waals surface area contributed by atoms with Gasteiger partial charge in [-0.15, -0.1) is 0 Å². The Balaban J connectivity index is 1.71. The lowest BCUT2D eigenvalue weighted by Gasteiger charge is -2.38. The van der Waals surface area contributed by atoms with Gasteiger partial charge in [0.15, 0.2) is 0 Å². The Labute approximate surface area is 113 Å². The summed E-state index contributed by atoms with van der Waals surface area (Å²) in [6.45, 7) is 4.51. The number of ether oxygens (including phenoxy) is 2. The maximum absolute atomic E-state index is 11.8. The fourth-order valence-electron chi connectivity index (χ4n) is 2.52. The van der Waals surface area contributed by atoms with E-state index in [0.29, 0.717) is 11.7 Å². The molecule has 106 valence electrons. The third kappa shape index (κ3) is 2.91. The molecule has 0 aromatic carbocycles. The molecule has 5 heteroatoms. The lowest BCUT2D eigenvalue weighted by atomic mass is 10.0. The summed E-state index contributed by atoms with van der Waals surface area (Å²) in [4.78, 5) is 25.4. The highest BCUT2D eigenvalue weighted by Gasteiger charge is 2.37. The van der Waals surface area contributed by atoms with Gasteiger partial charge in [-0.1, -0.05) is 19.9 Å². The lowest BCUT2D eigenvalue weighted by Crippen LogP contribution is -2.44. The minimum atomic E-state index is -0.389. The van der Waals surface area contributed by atoms with E-state index in [2.05, 4.69) is 0 Å². The summed E-state index contributed by atoms with van der Waals surface area (Å²) in [5, 5.41) is 0. The molecule has 1 unspecified atom stereocenters. The van der Waals surface area contributed by atoms with Crippen molar-refractivity contribution in [1.82, 2.24) is 4.90 Å². The molecule has 0 saturated carbocycles. The fraction of sp³-hybridized carbons (Fsp3) is 0.714. The van der Waals surface area contributed by atoms with Crippen LogP contribution in [0, 0.1) is 5.92 Å². The molecule has 0 aromatic rings. The summed E-state index contributed by atoms with van der Waals surface area (Å²) in [6.07, 6.45) is 5.44. The molecular weight excluding hydrogens is 246 g/mol. The molecule has 0 aliphatic carbocycles. The van der Waals surface area contributed by atoms with Crippen molar-refractivity contribution in [3.8, 4) is 0 Å². The minimum absolute atomic E-state index is 0.107. The van der Waals surface area contributed by atoms with Gasteiger partial charge in [0.05, 0.1) is 5.92 Å². The van der Waals surface area contributed by atoms with Crippen molar-refractivity contribution >= 4 is 11.9 Å². The van der Waals surface area contributed by atoms with Gasteiger partial charge >= 0.3 is 11.9 Å². The molecule has 19 heavy (non-hydrogen) atoms. The third-order valence-corrected chi connectivity index (χ3v) is 3.96. The smallest absolute Gasteiger partial charge is 0.357 e. The van der Waals surface area contributed by atoms with E-state index in [1.54, 1.807) is 0 Å². The van der Waals surface area contributed by atoms with E-state index in [4.69, 9.17) is 9.47 Å². The second-order valence-corrected chi connectivity index (χ2v) is 4.99. The molecule has 2 aliphatic rings. The topological polar surface area (TPSA) is 55.8 Å². The zero-order valence-corrected chi connectivity index (χ0v) is 11.6. The maximum atomic E-state index is 11.8. The molecule has 1 saturated heterocycles. The SMILES string of the molecule is CCC(CC)C(=O)OCOC(=O)C1=CCC2CCN12. The minimum Gasteiger partial charge on any atom is -0.428 e. The summed E-state index contributed by atoms with van der Waals surface area (Å²) in [6, 6.07) is 0.481. The average Bonchev–Trinajstić information content (AvgIpc) is 2.65. The van der Waals surface area contributed by atoms with Crippen LogP contribution in [0.3, 0.4) is 0 Å². The van der Waals surface area contributed by atoms with E-state index in [1.807, 2.05) is 24.8 Å². The fourth-order valence-corrected chi connectivity index (χ4v) is 2.52. The molecule has 2 aliphatic heterocycles. The van der Waals surface area contributed by atoms with Crippen molar-refractivity contribution in [1.29, 1.82) is 0 Å². The summed E-state index contributed by atoms with van der Waals surface area (Å²) >= 11 is 0. The largest absolute Gasteiger partial charge is 0.428 e. The highest BCUT2D eigenvalue weighted by atomic mass is 16.7. The summed E-state index contributed by atoms with van der Waals surface area (Å²) in [7, 11) is 0. The summed E-state index contributed by atoms with van der Waals surface area (Å²) < 4.78 is 9.96. The third-order valence-electron chi connectivity index (χ3n) is 3.96. The Morgan fingerprint density at radius 2 is 2.11 bits per heavy atom. The normalized spacial score (nSPS) is 20.7. The Hall–Kier alpha value is -1.52. The summed E-state index contributed by atoms with van der Waals surface area (Å²) in [5.41, 5.74) is 0.620. The number of carbonyl (C=O) groups is 2. The molecule has 5 nitrogen and oxygen atoms in total. The number of carbonyl (C=O) groups excluding carboxylic acids is 2. The number of hydrogen-bond acceptors (Lipinski definition) is 5. The molecule has 0 aromatic heterocycles. The van der Waals surface area contributed by atoms with Gasteiger partial charge in [-0.25, -0.2) is 4.79 Å².